The first kappa shape index (κ1) is 27.7. The monoisotopic (exact) mass is 431 g/mol. The van der Waals surface area contributed by atoms with Gasteiger partial charge in [0.05, 0.1) is 19.4 Å². The van der Waals surface area contributed by atoms with Gasteiger partial charge < -0.3 is 17.1 Å². The van der Waals surface area contributed by atoms with Crippen molar-refractivity contribution >= 4 is 11.8 Å². The minimum atomic E-state index is 0. The Hall–Kier alpha value is -1.27. The fourth-order valence-electron chi connectivity index (χ4n) is 3.87. The summed E-state index contributed by atoms with van der Waals surface area (Å²) < 4.78 is 6.14. The predicted octanol–water partition coefficient (Wildman–Crippen LogP) is 1.08. The fourth-order valence-corrected chi connectivity index (χ4v) is 3.87. The molecule has 1 heterocycles. The van der Waals surface area contributed by atoms with Crippen LogP contribution in [0.25, 0.3) is 0 Å². The van der Waals surface area contributed by atoms with Crippen LogP contribution in [0, 0.1) is 0 Å². The third-order valence-corrected chi connectivity index (χ3v) is 5.51. The number of amides is 2. The number of allylic oxidation sites excluding steroid dienone is 1. The molecule has 29 heavy (non-hydrogen) atoms. The Balaban J connectivity index is 0.00000784. The molecule has 0 radical (unpaired) electrons. The number of nitrogens with zero attached hydrogens (tertiary/aromatic N) is 3. The van der Waals surface area contributed by atoms with Crippen LogP contribution < -0.4 is 12.4 Å². The van der Waals surface area contributed by atoms with Crippen molar-refractivity contribution < 1.29 is 31.3 Å². The smallest absolute Gasteiger partial charge is 0.264 e. The third kappa shape index (κ3) is 9.39. The summed E-state index contributed by atoms with van der Waals surface area (Å²) in [5.74, 6) is 0.307. The largest absolute Gasteiger partial charge is 1.00 e. The second kappa shape index (κ2) is 15.6. The lowest BCUT2D eigenvalue weighted by Crippen LogP contribution is -3.00. The van der Waals surface area contributed by atoms with Crippen LogP contribution in [-0.4, -0.2) is 65.8 Å². The van der Waals surface area contributed by atoms with Gasteiger partial charge in [-0.25, -0.2) is 4.59 Å². The van der Waals surface area contributed by atoms with Crippen molar-refractivity contribution in [1.29, 1.82) is 0 Å². The minimum absolute atomic E-state index is 0. The maximum atomic E-state index is 12.4. The van der Waals surface area contributed by atoms with E-state index in [1.165, 1.54) is 12.8 Å². The summed E-state index contributed by atoms with van der Waals surface area (Å²) in [7, 11) is 0. The zero-order valence-corrected chi connectivity index (χ0v) is 19.8. The molecule has 0 spiro atoms. The number of ether oxygens (including phenoxy) is 1. The van der Waals surface area contributed by atoms with E-state index in [0.717, 1.165) is 58.3 Å². The molecule has 0 saturated carbocycles. The van der Waals surface area contributed by atoms with Crippen molar-refractivity contribution in [3.05, 3.63) is 12.3 Å². The Bertz CT molecular complexity index is 502. The average Bonchev–Trinajstić information content (AvgIpc) is 3.08. The van der Waals surface area contributed by atoms with Crippen LogP contribution >= 0.6 is 0 Å². The van der Waals surface area contributed by atoms with E-state index in [1.54, 1.807) is 6.92 Å². The Morgan fingerprint density at radius 3 is 2.52 bits per heavy atom. The zero-order valence-electron chi connectivity index (χ0n) is 19.0. The molecule has 0 aromatic heterocycles. The van der Waals surface area contributed by atoms with Crippen LogP contribution in [0.5, 0.6) is 0 Å². The normalized spacial score (nSPS) is 16.0. The van der Waals surface area contributed by atoms with Crippen molar-refractivity contribution in [1.82, 2.24) is 9.91 Å². The molecule has 0 bridgehead atoms. The van der Waals surface area contributed by atoms with E-state index in [1.807, 2.05) is 16.2 Å². The van der Waals surface area contributed by atoms with E-state index >= 15 is 0 Å². The van der Waals surface area contributed by atoms with Crippen molar-refractivity contribution in [2.24, 2.45) is 0 Å². The molecule has 0 aliphatic carbocycles. The van der Waals surface area contributed by atoms with Crippen molar-refractivity contribution in [3.8, 4) is 0 Å². The van der Waals surface area contributed by atoms with Gasteiger partial charge >= 0.3 is 0 Å². The van der Waals surface area contributed by atoms with Crippen molar-refractivity contribution in [2.75, 3.05) is 39.5 Å². The van der Waals surface area contributed by atoms with Gasteiger partial charge in [0.25, 0.3) is 5.91 Å². The lowest BCUT2D eigenvalue weighted by atomic mass is 10.2. The van der Waals surface area contributed by atoms with Gasteiger partial charge in [0.2, 0.25) is 5.91 Å². The Labute approximate surface area is 184 Å². The highest BCUT2D eigenvalue weighted by Crippen LogP contribution is 2.21. The number of hydrogen-bond acceptors (Lipinski definition) is 3. The summed E-state index contributed by atoms with van der Waals surface area (Å²) in [4.78, 5) is 26.6. The SMILES string of the molecule is CCCCC=COCCCC[N+](CC)(CN1CCCC1=O)N(CCC)C(C)=O.[Cl-]. The average molecular weight is 432 g/mol. The Morgan fingerprint density at radius 2 is 1.97 bits per heavy atom. The number of quaternary nitrogens is 1. The number of likely N-dealkylation sites (tertiary alicyclic amines) is 1. The molecular weight excluding hydrogens is 390 g/mol. The molecule has 0 aromatic carbocycles. The maximum Gasteiger partial charge on any atom is 0.264 e. The summed E-state index contributed by atoms with van der Waals surface area (Å²) >= 11 is 0. The van der Waals surface area contributed by atoms with Gasteiger partial charge in [-0.1, -0.05) is 20.3 Å². The van der Waals surface area contributed by atoms with E-state index in [4.69, 9.17) is 4.74 Å². The Kier molecular flexibility index (Phi) is 14.9. The van der Waals surface area contributed by atoms with E-state index < -0.39 is 0 Å². The highest BCUT2D eigenvalue weighted by molar-refractivity contribution is 5.77. The predicted molar refractivity (Wildman–Crippen MR) is 113 cm³/mol. The molecule has 1 aliphatic heterocycles. The Morgan fingerprint density at radius 1 is 1.21 bits per heavy atom. The van der Waals surface area contributed by atoms with Crippen LogP contribution in [0.4, 0.5) is 0 Å². The first-order valence-electron chi connectivity index (χ1n) is 11.2. The van der Waals surface area contributed by atoms with Crippen LogP contribution in [-0.2, 0) is 14.3 Å². The van der Waals surface area contributed by atoms with Gasteiger partial charge in [-0.05, 0) is 45.1 Å². The molecule has 1 rings (SSSR count). The van der Waals surface area contributed by atoms with Crippen molar-refractivity contribution in [2.45, 2.75) is 79.1 Å². The summed E-state index contributed by atoms with van der Waals surface area (Å²) in [5.41, 5.74) is 0. The first-order valence-corrected chi connectivity index (χ1v) is 11.2. The topological polar surface area (TPSA) is 49.9 Å². The van der Waals surface area contributed by atoms with E-state index in [-0.39, 0.29) is 24.2 Å². The lowest BCUT2D eigenvalue weighted by molar-refractivity contribution is -1.03. The molecular formula is C22H42ClN3O3. The molecule has 1 aliphatic rings. The van der Waals surface area contributed by atoms with Gasteiger partial charge in [-0.3, -0.25) is 14.5 Å². The lowest BCUT2D eigenvalue weighted by Gasteiger charge is -2.46. The summed E-state index contributed by atoms with van der Waals surface area (Å²) in [6.07, 6.45) is 11.8. The van der Waals surface area contributed by atoms with Gasteiger partial charge in [0, 0.05) is 26.3 Å². The number of rotatable bonds is 15. The van der Waals surface area contributed by atoms with Crippen LogP contribution in [0.2, 0.25) is 0 Å². The number of hydrogen-bond donors (Lipinski definition) is 0. The second-order valence-corrected chi connectivity index (χ2v) is 7.77. The number of unbranched alkanes of at least 4 members (excludes halogenated alkanes) is 3. The summed E-state index contributed by atoms with van der Waals surface area (Å²) in [6, 6.07) is 0. The molecule has 0 aromatic rings. The maximum absolute atomic E-state index is 12.4. The molecule has 1 atom stereocenters. The molecule has 1 saturated heterocycles. The highest BCUT2D eigenvalue weighted by Gasteiger charge is 2.39. The third-order valence-electron chi connectivity index (χ3n) is 5.51. The summed E-state index contributed by atoms with van der Waals surface area (Å²) in [5, 5.41) is 1.97. The molecule has 170 valence electrons. The van der Waals surface area contributed by atoms with Gasteiger partial charge in [0.15, 0.2) is 6.67 Å². The molecule has 7 heteroatoms. The minimum Gasteiger partial charge on any atom is -1.00 e. The fraction of sp³-hybridized carbons (Fsp3) is 0.818. The molecule has 2 amide bonds. The molecule has 6 nitrogen and oxygen atoms in total. The molecule has 1 unspecified atom stereocenters. The highest BCUT2D eigenvalue weighted by atomic mass is 35.5. The van der Waals surface area contributed by atoms with E-state index in [0.29, 0.717) is 24.3 Å². The standard InChI is InChI=1S/C22H42N3O3.ClH/c1-5-8-9-11-18-28-19-12-10-17-25(7-3,24(15-6-2)21(4)26)20-23-16-13-14-22(23)27;/h11,18H,5-10,12-17,19-20H2,1-4H3;1H/q+1;/p-1. The van der Waals surface area contributed by atoms with Gasteiger partial charge in [-0.2, -0.15) is 5.01 Å². The van der Waals surface area contributed by atoms with Crippen LogP contribution in [0.3, 0.4) is 0 Å². The van der Waals surface area contributed by atoms with Gasteiger partial charge in [0.1, 0.15) is 13.1 Å². The number of halogens is 1. The van der Waals surface area contributed by atoms with E-state index in [9.17, 15) is 9.59 Å². The van der Waals surface area contributed by atoms with Crippen molar-refractivity contribution in [3.63, 3.8) is 0 Å². The zero-order chi connectivity index (χ0) is 20.8. The van der Waals surface area contributed by atoms with Crippen LogP contribution in [0.1, 0.15) is 79.1 Å². The quantitative estimate of drug-likeness (QED) is 0.169. The van der Waals surface area contributed by atoms with E-state index in [2.05, 4.69) is 26.8 Å². The number of carbonyl (C=O) groups excluding carboxylic acids is 2. The molecule has 0 N–H and O–H groups in total. The molecule has 1 fully saturated rings. The second-order valence-electron chi connectivity index (χ2n) is 7.77. The summed E-state index contributed by atoms with van der Waals surface area (Å²) in [6.45, 7) is 12.5. The van der Waals surface area contributed by atoms with Gasteiger partial charge in [-0.15, -0.1) is 0 Å². The number of carbonyl (C=O) groups is 2. The van der Waals surface area contributed by atoms with Crippen LogP contribution in [0.15, 0.2) is 12.3 Å². The first-order chi connectivity index (χ1) is 13.5.